The number of rotatable bonds is 2. The van der Waals surface area contributed by atoms with E-state index in [0.29, 0.717) is 5.75 Å². The van der Waals surface area contributed by atoms with Crippen LogP contribution in [0.15, 0.2) is 10.5 Å². The molecule has 1 nitrogen and oxygen atoms in total. The van der Waals surface area contributed by atoms with E-state index in [1.165, 1.54) is 7.11 Å². The topological polar surface area (TPSA) is 9.23 Å². The predicted octanol–water partition coefficient (Wildman–Crippen LogP) is 3.45. The highest BCUT2D eigenvalue weighted by Crippen LogP contribution is 2.29. The van der Waals surface area contributed by atoms with Crippen molar-refractivity contribution in [3.63, 3.8) is 0 Å². The third-order valence-corrected chi connectivity index (χ3v) is 5.22. The van der Waals surface area contributed by atoms with Crippen molar-refractivity contribution < 1.29 is 9.13 Å². The zero-order chi connectivity index (χ0) is 11.8. The number of benzene rings is 1. The number of methoxy groups -OCH3 is 1. The molecule has 84 valence electrons. The second kappa shape index (κ2) is 4.26. The minimum absolute atomic E-state index is 0.197. The lowest BCUT2D eigenvalue weighted by Crippen LogP contribution is -2.40. The second-order valence-electron chi connectivity index (χ2n) is 4.63. The summed E-state index contributed by atoms with van der Waals surface area (Å²) in [6.45, 7) is 8.20. The van der Waals surface area contributed by atoms with E-state index in [9.17, 15) is 4.39 Å². The van der Waals surface area contributed by atoms with Gasteiger partial charge in [-0.15, -0.1) is 0 Å². The van der Waals surface area contributed by atoms with Crippen molar-refractivity contribution in [2.45, 2.75) is 26.6 Å². The molecule has 0 aromatic heterocycles. The Labute approximate surface area is 99.8 Å². The van der Waals surface area contributed by atoms with Gasteiger partial charge in [-0.2, -0.15) is 0 Å². The largest absolute Gasteiger partial charge is 0.493 e. The lowest BCUT2D eigenvalue weighted by molar-refractivity contribution is 0.384. The fourth-order valence-corrected chi connectivity index (χ4v) is 3.45. The van der Waals surface area contributed by atoms with Crippen molar-refractivity contribution in [2.75, 3.05) is 7.11 Å². The Balaban J connectivity index is 3.51. The molecule has 1 rings (SSSR count). The smallest absolute Gasteiger partial charge is 0.164 e. The van der Waals surface area contributed by atoms with Crippen LogP contribution in [0.1, 0.15) is 5.56 Å². The highest BCUT2D eigenvalue weighted by molar-refractivity contribution is 9.10. The first-order valence-corrected chi connectivity index (χ1v) is 9.11. The summed E-state index contributed by atoms with van der Waals surface area (Å²) in [5.41, 5.74) is 0.817. The van der Waals surface area contributed by atoms with E-state index in [-0.39, 0.29) is 5.82 Å². The molecule has 0 radical (unpaired) electrons. The van der Waals surface area contributed by atoms with Gasteiger partial charge in [0.1, 0.15) is 0 Å². The van der Waals surface area contributed by atoms with Gasteiger partial charge in [0, 0.05) is 10.0 Å². The predicted molar refractivity (Wildman–Crippen MR) is 68.4 cm³/mol. The van der Waals surface area contributed by atoms with Gasteiger partial charge in [-0.25, -0.2) is 4.39 Å². The second-order valence-corrected chi connectivity index (χ2v) is 10.5. The Kier molecular flexibility index (Phi) is 3.61. The van der Waals surface area contributed by atoms with Crippen LogP contribution in [0.3, 0.4) is 0 Å². The highest BCUT2D eigenvalue weighted by atomic mass is 79.9. The van der Waals surface area contributed by atoms with Crippen molar-refractivity contribution >= 4 is 29.2 Å². The van der Waals surface area contributed by atoms with E-state index < -0.39 is 8.07 Å². The maximum absolute atomic E-state index is 14.1. The molecule has 0 aliphatic carbocycles. The first-order valence-electron chi connectivity index (χ1n) is 4.82. The van der Waals surface area contributed by atoms with E-state index in [1.807, 2.05) is 13.0 Å². The Morgan fingerprint density at radius 2 is 1.87 bits per heavy atom. The lowest BCUT2D eigenvalue weighted by atomic mass is 10.2. The van der Waals surface area contributed by atoms with Gasteiger partial charge < -0.3 is 4.74 Å². The maximum Gasteiger partial charge on any atom is 0.164 e. The van der Waals surface area contributed by atoms with Crippen molar-refractivity contribution in [3.8, 4) is 5.75 Å². The van der Waals surface area contributed by atoms with Gasteiger partial charge in [-0.05, 0) is 18.2 Å². The molecule has 0 aliphatic heterocycles. The fraction of sp³-hybridized carbons (Fsp3) is 0.455. The molecule has 0 unspecified atom stereocenters. The van der Waals surface area contributed by atoms with Crippen molar-refractivity contribution in [1.82, 2.24) is 0 Å². The van der Waals surface area contributed by atoms with Gasteiger partial charge in [-0.1, -0.05) is 35.6 Å². The average molecular weight is 291 g/mol. The molecule has 1 aromatic rings. The monoisotopic (exact) mass is 290 g/mol. The van der Waals surface area contributed by atoms with E-state index in [2.05, 4.69) is 35.6 Å². The van der Waals surface area contributed by atoms with Gasteiger partial charge in [-0.3, -0.25) is 0 Å². The average Bonchev–Trinajstić information content (AvgIpc) is 2.10. The van der Waals surface area contributed by atoms with Gasteiger partial charge in [0.25, 0.3) is 0 Å². The molecule has 4 heteroatoms. The van der Waals surface area contributed by atoms with E-state index in [4.69, 9.17) is 4.74 Å². The van der Waals surface area contributed by atoms with Gasteiger partial charge in [0.2, 0.25) is 0 Å². The summed E-state index contributed by atoms with van der Waals surface area (Å²) < 4.78 is 20.1. The Bertz CT molecular complexity index is 385. The van der Waals surface area contributed by atoms with Crippen LogP contribution in [-0.4, -0.2) is 15.2 Å². The van der Waals surface area contributed by atoms with Crippen LogP contribution in [0, 0.1) is 12.7 Å². The zero-order valence-corrected chi connectivity index (χ0v) is 12.3. The van der Waals surface area contributed by atoms with E-state index in [0.717, 1.165) is 15.2 Å². The molecule has 0 amide bonds. The fourth-order valence-electron chi connectivity index (χ4n) is 1.48. The van der Waals surface area contributed by atoms with Gasteiger partial charge in [0.05, 0.1) is 15.2 Å². The molecule has 0 N–H and O–H groups in total. The minimum atomic E-state index is -1.66. The summed E-state index contributed by atoms with van der Waals surface area (Å²) in [6.07, 6.45) is 0. The molecule has 1 aromatic carbocycles. The van der Waals surface area contributed by atoms with Gasteiger partial charge >= 0.3 is 0 Å². The maximum atomic E-state index is 14.1. The SMILES string of the molecule is COc1c(C)c(Br)cc([Si](C)(C)C)c1F. The van der Waals surface area contributed by atoms with Crippen LogP contribution in [0.4, 0.5) is 4.39 Å². The van der Waals surface area contributed by atoms with Crippen LogP contribution in [0.2, 0.25) is 19.6 Å². The quantitative estimate of drug-likeness (QED) is 0.758. The van der Waals surface area contributed by atoms with Crippen molar-refractivity contribution in [1.29, 1.82) is 0 Å². The molecule has 0 bridgehead atoms. The molecule has 0 saturated carbocycles. The minimum Gasteiger partial charge on any atom is -0.493 e. The normalized spacial score (nSPS) is 11.7. The Hall–Kier alpha value is -0.353. The Morgan fingerprint density at radius 3 is 2.27 bits per heavy atom. The molecule has 0 saturated heterocycles. The summed E-state index contributed by atoms with van der Waals surface area (Å²) in [5.74, 6) is 0.166. The van der Waals surface area contributed by atoms with Gasteiger partial charge in [0.15, 0.2) is 11.6 Å². The molecule has 0 aliphatic rings. The summed E-state index contributed by atoms with van der Waals surface area (Å²) in [4.78, 5) is 0. The zero-order valence-electron chi connectivity index (χ0n) is 9.74. The third-order valence-electron chi connectivity index (χ3n) is 2.42. The van der Waals surface area contributed by atoms with Crippen LogP contribution in [-0.2, 0) is 0 Å². The highest BCUT2D eigenvalue weighted by Gasteiger charge is 2.25. The number of hydrogen-bond donors (Lipinski definition) is 0. The number of hydrogen-bond acceptors (Lipinski definition) is 1. The molecule has 0 heterocycles. The first kappa shape index (κ1) is 12.7. The summed E-state index contributed by atoms with van der Waals surface area (Å²) in [6, 6.07) is 1.89. The van der Waals surface area contributed by atoms with E-state index in [1.54, 1.807) is 0 Å². The molecule has 15 heavy (non-hydrogen) atoms. The van der Waals surface area contributed by atoms with Crippen molar-refractivity contribution in [2.24, 2.45) is 0 Å². The molecule has 0 atom stereocenters. The van der Waals surface area contributed by atoms with Crippen LogP contribution in [0.25, 0.3) is 0 Å². The summed E-state index contributed by atoms with van der Waals surface area (Å²) in [7, 11) is -0.159. The molecular weight excluding hydrogens is 275 g/mol. The summed E-state index contributed by atoms with van der Waals surface area (Å²) >= 11 is 3.44. The lowest BCUT2D eigenvalue weighted by Gasteiger charge is -2.20. The van der Waals surface area contributed by atoms with E-state index >= 15 is 0 Å². The standard InChI is InChI=1S/C11H16BrFOSi/c1-7-8(12)6-9(15(3,4)5)10(13)11(7)14-2/h6H,1-5H3. The van der Waals surface area contributed by atoms with Crippen LogP contribution >= 0.6 is 15.9 Å². The molecule has 0 spiro atoms. The summed E-state index contributed by atoms with van der Waals surface area (Å²) in [5, 5.41) is 0.803. The number of ether oxygens (including phenoxy) is 1. The van der Waals surface area contributed by atoms with Crippen molar-refractivity contribution in [3.05, 3.63) is 21.9 Å². The van der Waals surface area contributed by atoms with Crippen LogP contribution in [0.5, 0.6) is 5.75 Å². The Morgan fingerprint density at radius 1 is 1.33 bits per heavy atom. The number of halogens is 2. The third kappa shape index (κ3) is 2.42. The van der Waals surface area contributed by atoms with Crippen LogP contribution < -0.4 is 9.92 Å². The first-order chi connectivity index (χ1) is 6.79. The molecular formula is C11H16BrFOSi. The molecule has 0 fully saturated rings.